The Morgan fingerprint density at radius 2 is 1.97 bits per heavy atom. The van der Waals surface area contributed by atoms with Gasteiger partial charge in [-0.05, 0) is 62.8 Å². The molecule has 2 fully saturated rings. The van der Waals surface area contributed by atoms with Gasteiger partial charge in [-0.3, -0.25) is 0 Å². The molecule has 0 saturated carbocycles. The SMILES string of the molecule is Cc1ncn(-c2ccc(-c3ccc(NCC4CC5CCC(C4)N5)nn3)c(O)c2)n1. The lowest BCUT2D eigenvalue weighted by molar-refractivity contribution is 0.311. The zero-order valence-electron chi connectivity index (χ0n) is 16.4. The highest BCUT2D eigenvalue weighted by Gasteiger charge is 2.33. The molecule has 8 nitrogen and oxygen atoms in total. The quantitative estimate of drug-likeness (QED) is 0.615. The van der Waals surface area contributed by atoms with E-state index in [1.807, 2.05) is 31.2 Å². The molecule has 2 aliphatic rings. The van der Waals surface area contributed by atoms with Crippen molar-refractivity contribution in [3.8, 4) is 22.7 Å². The van der Waals surface area contributed by atoms with Crippen molar-refractivity contribution in [2.75, 3.05) is 11.9 Å². The fourth-order valence-electron chi connectivity index (χ4n) is 4.51. The largest absolute Gasteiger partial charge is 0.507 e. The van der Waals surface area contributed by atoms with E-state index in [0.717, 1.165) is 18.1 Å². The summed E-state index contributed by atoms with van der Waals surface area (Å²) in [6.45, 7) is 2.76. The Labute approximate surface area is 169 Å². The normalized spacial score (nSPS) is 23.3. The molecule has 0 spiro atoms. The molecule has 2 bridgehead atoms. The fourth-order valence-corrected chi connectivity index (χ4v) is 4.51. The zero-order chi connectivity index (χ0) is 19.8. The van der Waals surface area contributed by atoms with Crippen LogP contribution in [0.5, 0.6) is 5.75 Å². The molecule has 2 saturated heterocycles. The van der Waals surface area contributed by atoms with Gasteiger partial charge in [0.1, 0.15) is 23.7 Å². The lowest BCUT2D eigenvalue weighted by Gasteiger charge is -2.29. The molecule has 8 heteroatoms. The Morgan fingerprint density at radius 3 is 2.62 bits per heavy atom. The number of piperidine rings is 1. The smallest absolute Gasteiger partial charge is 0.148 e. The fraction of sp³-hybridized carbons (Fsp3) is 0.429. The van der Waals surface area contributed by atoms with Gasteiger partial charge in [-0.25, -0.2) is 9.67 Å². The van der Waals surface area contributed by atoms with E-state index < -0.39 is 0 Å². The highest BCUT2D eigenvalue weighted by atomic mass is 16.3. The monoisotopic (exact) mass is 391 g/mol. The van der Waals surface area contributed by atoms with Crippen molar-refractivity contribution >= 4 is 5.82 Å². The van der Waals surface area contributed by atoms with E-state index in [4.69, 9.17) is 0 Å². The standard InChI is InChI=1S/C21H25N7O/c1-13-23-12-28(27-13)17-4-5-18(20(29)10-17)19-6-7-21(26-25-19)22-11-14-8-15-2-3-16(9-14)24-15/h4-7,10,12,14-16,24,29H,2-3,8-9,11H2,1H3,(H,22,26). The molecule has 2 aromatic heterocycles. The molecular weight excluding hydrogens is 366 g/mol. The van der Waals surface area contributed by atoms with E-state index in [1.54, 1.807) is 17.1 Å². The average Bonchev–Trinajstić information content (AvgIpc) is 3.31. The van der Waals surface area contributed by atoms with Gasteiger partial charge in [0.2, 0.25) is 0 Å². The van der Waals surface area contributed by atoms with E-state index in [2.05, 4.69) is 30.9 Å². The maximum absolute atomic E-state index is 10.5. The van der Waals surface area contributed by atoms with Gasteiger partial charge in [0.25, 0.3) is 0 Å². The summed E-state index contributed by atoms with van der Waals surface area (Å²) in [4.78, 5) is 4.11. The van der Waals surface area contributed by atoms with Crippen LogP contribution in [0, 0.1) is 12.8 Å². The van der Waals surface area contributed by atoms with Gasteiger partial charge < -0.3 is 15.7 Å². The lowest BCUT2D eigenvalue weighted by Crippen LogP contribution is -2.40. The molecule has 2 aliphatic heterocycles. The molecule has 150 valence electrons. The number of nitrogens with one attached hydrogen (secondary N) is 2. The van der Waals surface area contributed by atoms with Crippen molar-refractivity contribution in [3.05, 3.63) is 42.5 Å². The van der Waals surface area contributed by atoms with E-state index in [9.17, 15) is 5.11 Å². The predicted octanol–water partition coefficient (Wildman–Crippen LogP) is 2.68. The van der Waals surface area contributed by atoms with Crippen LogP contribution in [0.2, 0.25) is 0 Å². The van der Waals surface area contributed by atoms with Crippen LogP contribution in [0.4, 0.5) is 5.82 Å². The third kappa shape index (κ3) is 3.80. The molecule has 4 heterocycles. The number of phenols is 1. The summed E-state index contributed by atoms with van der Waals surface area (Å²) in [5.41, 5.74) is 2.02. The number of hydrogen-bond acceptors (Lipinski definition) is 7. The van der Waals surface area contributed by atoms with Crippen molar-refractivity contribution in [2.45, 2.75) is 44.7 Å². The lowest BCUT2D eigenvalue weighted by atomic mass is 9.92. The summed E-state index contributed by atoms with van der Waals surface area (Å²) in [6.07, 6.45) is 6.72. The van der Waals surface area contributed by atoms with Gasteiger partial charge in [0.05, 0.1) is 11.4 Å². The van der Waals surface area contributed by atoms with E-state index in [1.165, 1.54) is 25.7 Å². The summed E-state index contributed by atoms with van der Waals surface area (Å²) >= 11 is 0. The van der Waals surface area contributed by atoms with Gasteiger partial charge in [0, 0.05) is 30.3 Å². The molecule has 0 amide bonds. The Hall–Kier alpha value is -3.00. The first-order chi connectivity index (χ1) is 14.1. The zero-order valence-corrected chi connectivity index (χ0v) is 16.4. The predicted molar refractivity (Wildman–Crippen MR) is 110 cm³/mol. The number of nitrogens with zero attached hydrogens (tertiary/aromatic N) is 5. The Morgan fingerprint density at radius 1 is 1.14 bits per heavy atom. The summed E-state index contributed by atoms with van der Waals surface area (Å²) in [6, 6.07) is 10.6. The minimum Gasteiger partial charge on any atom is -0.507 e. The van der Waals surface area contributed by atoms with E-state index >= 15 is 0 Å². The second-order valence-electron chi connectivity index (χ2n) is 8.10. The number of rotatable bonds is 5. The highest BCUT2D eigenvalue weighted by Crippen LogP contribution is 2.32. The van der Waals surface area contributed by atoms with Crippen LogP contribution >= 0.6 is 0 Å². The van der Waals surface area contributed by atoms with Gasteiger partial charge in [-0.15, -0.1) is 10.2 Å². The van der Waals surface area contributed by atoms with Crippen LogP contribution in [-0.4, -0.2) is 48.7 Å². The number of fused-ring (bicyclic) bond motifs is 2. The highest BCUT2D eigenvalue weighted by molar-refractivity contribution is 5.68. The first kappa shape index (κ1) is 18.1. The number of phenolic OH excluding ortho intramolecular Hbond substituents is 1. The molecule has 1 aromatic carbocycles. The van der Waals surface area contributed by atoms with Crippen molar-refractivity contribution in [2.24, 2.45) is 5.92 Å². The van der Waals surface area contributed by atoms with Crippen LogP contribution in [0.25, 0.3) is 16.9 Å². The molecule has 29 heavy (non-hydrogen) atoms. The van der Waals surface area contributed by atoms with Gasteiger partial charge in [0.15, 0.2) is 0 Å². The summed E-state index contributed by atoms with van der Waals surface area (Å²) < 4.78 is 1.63. The molecular formula is C21H25N7O. The van der Waals surface area contributed by atoms with E-state index in [-0.39, 0.29) is 5.75 Å². The summed E-state index contributed by atoms with van der Waals surface area (Å²) in [7, 11) is 0. The Kier molecular flexibility index (Phi) is 4.63. The second-order valence-corrected chi connectivity index (χ2v) is 8.10. The molecule has 2 atom stereocenters. The molecule has 0 aliphatic carbocycles. The van der Waals surface area contributed by atoms with Gasteiger partial charge in [-0.1, -0.05) is 0 Å². The number of aromatic hydroxyl groups is 1. The van der Waals surface area contributed by atoms with Crippen molar-refractivity contribution in [3.63, 3.8) is 0 Å². The molecule has 3 N–H and O–H groups in total. The van der Waals surface area contributed by atoms with Gasteiger partial charge >= 0.3 is 0 Å². The van der Waals surface area contributed by atoms with Crippen LogP contribution in [-0.2, 0) is 0 Å². The van der Waals surface area contributed by atoms with Crippen molar-refractivity contribution < 1.29 is 5.11 Å². The average molecular weight is 391 g/mol. The minimum atomic E-state index is 0.135. The molecule has 0 radical (unpaired) electrons. The maximum atomic E-state index is 10.5. The summed E-state index contributed by atoms with van der Waals surface area (Å²) in [5, 5.41) is 30.4. The molecule has 5 rings (SSSR count). The number of benzene rings is 1. The topological polar surface area (TPSA) is 101 Å². The van der Waals surface area contributed by atoms with Gasteiger partial charge in [-0.2, -0.15) is 5.10 Å². The Bertz CT molecular complexity index is 989. The van der Waals surface area contributed by atoms with Crippen molar-refractivity contribution in [1.82, 2.24) is 30.3 Å². The second kappa shape index (κ2) is 7.44. The van der Waals surface area contributed by atoms with Crippen LogP contribution in [0.15, 0.2) is 36.7 Å². The van der Waals surface area contributed by atoms with Crippen LogP contribution < -0.4 is 10.6 Å². The third-order valence-electron chi connectivity index (χ3n) is 5.94. The maximum Gasteiger partial charge on any atom is 0.148 e. The van der Waals surface area contributed by atoms with Crippen molar-refractivity contribution in [1.29, 1.82) is 0 Å². The van der Waals surface area contributed by atoms with Crippen LogP contribution in [0.3, 0.4) is 0 Å². The number of hydrogen-bond donors (Lipinski definition) is 3. The summed E-state index contributed by atoms with van der Waals surface area (Å²) in [5.74, 6) is 2.27. The number of anilines is 1. The van der Waals surface area contributed by atoms with Crippen LogP contribution in [0.1, 0.15) is 31.5 Å². The van der Waals surface area contributed by atoms with E-state index in [0.29, 0.717) is 35.1 Å². The number of aromatic nitrogens is 5. The number of aryl methyl sites for hydroxylation is 1. The molecule has 2 unspecified atom stereocenters. The Balaban J connectivity index is 1.25. The third-order valence-corrected chi connectivity index (χ3v) is 5.94. The first-order valence-electron chi connectivity index (χ1n) is 10.2. The molecule has 3 aromatic rings. The minimum absolute atomic E-state index is 0.135. The first-order valence-corrected chi connectivity index (χ1v) is 10.2.